The Hall–Kier alpha value is -2.78. The van der Waals surface area contributed by atoms with Gasteiger partial charge >= 0.3 is 6.18 Å². The van der Waals surface area contributed by atoms with Gasteiger partial charge in [-0.25, -0.2) is 4.39 Å². The highest BCUT2D eigenvalue weighted by atomic mass is 19.4. The molecule has 0 unspecified atom stereocenters. The van der Waals surface area contributed by atoms with Crippen LogP contribution in [-0.4, -0.2) is 46.1 Å². The van der Waals surface area contributed by atoms with E-state index < -0.39 is 11.7 Å². The number of hydrogen-bond acceptors (Lipinski definition) is 5. The molecule has 1 aromatic heterocycles. The van der Waals surface area contributed by atoms with Crippen molar-refractivity contribution < 1.29 is 22.1 Å². The highest BCUT2D eigenvalue weighted by Crippen LogP contribution is 2.30. The van der Waals surface area contributed by atoms with E-state index in [1.165, 1.54) is 24.3 Å². The van der Waals surface area contributed by atoms with Crippen molar-refractivity contribution in [1.29, 1.82) is 0 Å². The molecule has 0 saturated carbocycles. The van der Waals surface area contributed by atoms with Gasteiger partial charge in [0.1, 0.15) is 5.82 Å². The molecule has 31 heavy (non-hydrogen) atoms. The van der Waals surface area contributed by atoms with Gasteiger partial charge in [0.25, 0.3) is 0 Å². The lowest BCUT2D eigenvalue weighted by Crippen LogP contribution is -2.30. The molecule has 1 aliphatic heterocycles. The van der Waals surface area contributed by atoms with Gasteiger partial charge in [0.2, 0.25) is 11.7 Å². The lowest BCUT2D eigenvalue weighted by Gasteiger charge is -2.20. The average Bonchev–Trinajstić information content (AvgIpc) is 3.10. The van der Waals surface area contributed by atoms with E-state index in [4.69, 9.17) is 4.52 Å². The summed E-state index contributed by atoms with van der Waals surface area (Å²) in [5, 5.41) is 3.91. The summed E-state index contributed by atoms with van der Waals surface area (Å²) in [7, 11) is 0. The number of hydrogen-bond donors (Lipinski definition) is 0. The van der Waals surface area contributed by atoms with E-state index in [0.29, 0.717) is 18.0 Å². The minimum Gasteiger partial charge on any atom is -0.338 e. The molecule has 2 aromatic carbocycles. The van der Waals surface area contributed by atoms with Crippen molar-refractivity contribution in [2.75, 3.05) is 26.2 Å². The second-order valence-corrected chi connectivity index (χ2v) is 7.62. The van der Waals surface area contributed by atoms with Crippen LogP contribution in [0.5, 0.6) is 0 Å². The maximum Gasteiger partial charge on any atom is 0.416 e. The predicted molar refractivity (Wildman–Crippen MR) is 106 cm³/mol. The molecule has 4 rings (SSSR count). The monoisotopic (exact) mass is 434 g/mol. The van der Waals surface area contributed by atoms with Crippen LogP contribution in [0.4, 0.5) is 17.6 Å². The minimum absolute atomic E-state index is 0.235. The Kier molecular flexibility index (Phi) is 6.33. The first-order valence-corrected chi connectivity index (χ1v) is 10.1. The smallest absolute Gasteiger partial charge is 0.338 e. The Bertz CT molecular complexity index is 986. The van der Waals surface area contributed by atoms with Crippen LogP contribution in [0.3, 0.4) is 0 Å². The summed E-state index contributed by atoms with van der Waals surface area (Å²) < 4.78 is 56.5. The molecule has 0 amide bonds. The van der Waals surface area contributed by atoms with Gasteiger partial charge in [-0.1, -0.05) is 29.4 Å². The summed E-state index contributed by atoms with van der Waals surface area (Å²) in [4.78, 5) is 8.89. The van der Waals surface area contributed by atoms with Crippen LogP contribution in [-0.2, 0) is 19.3 Å². The van der Waals surface area contributed by atoms with Crippen LogP contribution in [0, 0.1) is 5.82 Å². The summed E-state index contributed by atoms with van der Waals surface area (Å²) >= 11 is 0. The van der Waals surface area contributed by atoms with E-state index in [2.05, 4.69) is 19.9 Å². The first-order chi connectivity index (χ1) is 14.9. The molecule has 2 heterocycles. The fourth-order valence-corrected chi connectivity index (χ4v) is 3.62. The van der Waals surface area contributed by atoms with Crippen LogP contribution in [0.1, 0.15) is 23.4 Å². The molecule has 3 aromatic rings. The summed E-state index contributed by atoms with van der Waals surface area (Å²) in [6.45, 7) is 4.74. The van der Waals surface area contributed by atoms with Crippen molar-refractivity contribution in [3.63, 3.8) is 0 Å². The number of aromatic nitrogens is 2. The maximum absolute atomic E-state index is 13.1. The molecular weight excluding hydrogens is 412 g/mol. The molecule has 0 atom stereocenters. The van der Waals surface area contributed by atoms with Crippen molar-refractivity contribution in [2.24, 2.45) is 0 Å². The molecule has 1 fully saturated rings. The van der Waals surface area contributed by atoms with Crippen LogP contribution in [0.25, 0.3) is 11.4 Å². The molecule has 5 nitrogen and oxygen atoms in total. The fourth-order valence-electron chi connectivity index (χ4n) is 3.62. The summed E-state index contributed by atoms with van der Waals surface area (Å²) in [5.74, 6) is 0.472. The third-order valence-electron chi connectivity index (χ3n) is 5.30. The van der Waals surface area contributed by atoms with Gasteiger partial charge in [-0.2, -0.15) is 18.2 Å². The predicted octanol–water partition coefficient (Wildman–Crippen LogP) is 4.60. The lowest BCUT2D eigenvalue weighted by molar-refractivity contribution is -0.137. The van der Waals surface area contributed by atoms with Crippen molar-refractivity contribution in [3.8, 4) is 11.4 Å². The zero-order valence-corrected chi connectivity index (χ0v) is 16.8. The number of rotatable bonds is 5. The zero-order valence-electron chi connectivity index (χ0n) is 16.8. The third-order valence-corrected chi connectivity index (χ3v) is 5.30. The lowest BCUT2D eigenvalue weighted by atomic mass is 10.1. The van der Waals surface area contributed by atoms with Gasteiger partial charge in [-0.3, -0.25) is 9.80 Å². The highest BCUT2D eigenvalue weighted by molar-refractivity contribution is 5.54. The van der Waals surface area contributed by atoms with Crippen molar-refractivity contribution >= 4 is 0 Å². The Balaban J connectivity index is 1.33. The van der Waals surface area contributed by atoms with E-state index in [1.807, 2.05) is 0 Å². The van der Waals surface area contributed by atoms with E-state index in [1.54, 1.807) is 12.1 Å². The van der Waals surface area contributed by atoms with Crippen molar-refractivity contribution in [2.45, 2.75) is 25.7 Å². The molecule has 0 bridgehead atoms. The quantitative estimate of drug-likeness (QED) is 0.549. The summed E-state index contributed by atoms with van der Waals surface area (Å²) in [6.07, 6.45) is -3.40. The second-order valence-electron chi connectivity index (χ2n) is 7.62. The molecule has 0 N–H and O–H groups in total. The van der Waals surface area contributed by atoms with Gasteiger partial charge in [0.05, 0.1) is 12.1 Å². The van der Waals surface area contributed by atoms with Gasteiger partial charge in [-0.15, -0.1) is 0 Å². The van der Waals surface area contributed by atoms with Crippen LogP contribution in [0.15, 0.2) is 53.1 Å². The first-order valence-electron chi connectivity index (χ1n) is 10.1. The Morgan fingerprint density at radius 3 is 2.13 bits per heavy atom. The second kappa shape index (κ2) is 9.15. The number of halogens is 4. The van der Waals surface area contributed by atoms with Gasteiger partial charge < -0.3 is 4.52 Å². The normalized spacial score (nSPS) is 16.4. The topological polar surface area (TPSA) is 45.4 Å². The number of nitrogens with zero attached hydrogens (tertiary/aromatic N) is 4. The van der Waals surface area contributed by atoms with Gasteiger partial charge in [0.15, 0.2) is 0 Å². The molecule has 1 aliphatic rings. The molecule has 0 aliphatic carbocycles. The van der Waals surface area contributed by atoms with Gasteiger partial charge in [-0.05, 0) is 49.3 Å². The Labute approximate surface area is 177 Å². The van der Waals surface area contributed by atoms with Gasteiger partial charge in [0, 0.05) is 25.2 Å². The SMILES string of the molecule is Fc1ccc(CN2CCCN(Cc3nc(-c4ccc(C(F)(F)F)cc4)no3)CC2)cc1. The van der Waals surface area contributed by atoms with Crippen molar-refractivity contribution in [3.05, 3.63) is 71.4 Å². The molecule has 9 heteroatoms. The molecule has 1 saturated heterocycles. The van der Waals surface area contributed by atoms with E-state index in [0.717, 1.165) is 56.8 Å². The summed E-state index contributed by atoms with van der Waals surface area (Å²) in [6, 6.07) is 11.3. The molecular formula is C22H22F4N4O. The van der Waals surface area contributed by atoms with E-state index in [9.17, 15) is 17.6 Å². The largest absolute Gasteiger partial charge is 0.416 e. The molecule has 164 valence electrons. The fraction of sp³-hybridized carbons (Fsp3) is 0.364. The maximum atomic E-state index is 13.1. The molecule has 0 radical (unpaired) electrons. The van der Waals surface area contributed by atoms with Crippen LogP contribution in [0.2, 0.25) is 0 Å². The Morgan fingerprint density at radius 2 is 1.48 bits per heavy atom. The van der Waals surface area contributed by atoms with Crippen molar-refractivity contribution in [1.82, 2.24) is 19.9 Å². The van der Waals surface area contributed by atoms with E-state index >= 15 is 0 Å². The standard InChI is InChI=1S/C22H22F4N4O/c23-19-8-2-16(3-9-19)14-29-10-1-11-30(13-12-29)15-20-27-21(28-31-20)17-4-6-18(7-5-17)22(24,25)26/h2-9H,1,10-15H2. The first kappa shape index (κ1) is 21.5. The third kappa shape index (κ3) is 5.68. The zero-order chi connectivity index (χ0) is 21.8. The Morgan fingerprint density at radius 1 is 0.839 bits per heavy atom. The highest BCUT2D eigenvalue weighted by Gasteiger charge is 2.30. The number of alkyl halides is 3. The minimum atomic E-state index is -4.38. The summed E-state index contributed by atoms with van der Waals surface area (Å²) in [5.41, 5.74) is 0.840. The van der Waals surface area contributed by atoms with Crippen LogP contribution < -0.4 is 0 Å². The van der Waals surface area contributed by atoms with E-state index in [-0.39, 0.29) is 11.6 Å². The van der Waals surface area contributed by atoms with Crippen LogP contribution >= 0.6 is 0 Å². The average molecular weight is 434 g/mol. The molecule has 0 spiro atoms. The number of benzene rings is 2.